The largest absolute Gasteiger partial charge is 0.412 e. The maximum absolute atomic E-state index is 5.64. The van der Waals surface area contributed by atoms with Gasteiger partial charge in [0.25, 0.3) is 0 Å². The lowest BCUT2D eigenvalue weighted by Crippen LogP contribution is -2.03. The van der Waals surface area contributed by atoms with E-state index in [0.29, 0.717) is 6.54 Å². The van der Waals surface area contributed by atoms with Crippen molar-refractivity contribution < 1.29 is 5.48 Å². The lowest BCUT2D eigenvalue weighted by atomic mass is 9.95. The number of rotatable bonds is 1. The van der Waals surface area contributed by atoms with Gasteiger partial charge in [0.1, 0.15) is 0 Å². The van der Waals surface area contributed by atoms with Crippen LogP contribution in [0.3, 0.4) is 0 Å². The molecule has 0 aliphatic carbocycles. The third-order valence-electron chi connectivity index (χ3n) is 2.81. The molecule has 1 aromatic carbocycles. The molecule has 0 radical (unpaired) electrons. The van der Waals surface area contributed by atoms with Gasteiger partial charge in [-0.2, -0.15) is 0 Å². The summed E-state index contributed by atoms with van der Waals surface area (Å²) in [7, 11) is 0. The molecule has 0 saturated heterocycles. The quantitative estimate of drug-likeness (QED) is 0.702. The maximum atomic E-state index is 5.64. The second kappa shape index (κ2) is 4.40. The molecule has 0 aliphatic heterocycles. The Balaban J connectivity index is 0.00000144. The Labute approximate surface area is 80.1 Å². The minimum absolute atomic E-state index is 0. The fraction of sp³-hybridized carbons (Fsp3) is 0.455. The lowest BCUT2D eigenvalue weighted by Gasteiger charge is -2.12. The van der Waals surface area contributed by atoms with E-state index < -0.39 is 0 Å². The second-order valence-electron chi connectivity index (χ2n) is 3.43. The minimum Gasteiger partial charge on any atom is -0.412 e. The van der Waals surface area contributed by atoms with Crippen LogP contribution < -0.4 is 5.73 Å². The van der Waals surface area contributed by atoms with Gasteiger partial charge in [0.2, 0.25) is 0 Å². The zero-order valence-electron chi connectivity index (χ0n) is 8.86. The van der Waals surface area contributed by atoms with E-state index in [0.717, 1.165) is 0 Å². The van der Waals surface area contributed by atoms with Crippen molar-refractivity contribution in [3.05, 3.63) is 33.9 Å². The predicted molar refractivity (Wildman–Crippen MR) is 56.9 cm³/mol. The molecule has 1 aromatic rings. The summed E-state index contributed by atoms with van der Waals surface area (Å²) in [6.45, 7) is 9.26. The Morgan fingerprint density at radius 2 is 1.54 bits per heavy atom. The van der Waals surface area contributed by atoms with E-state index in [-0.39, 0.29) is 5.48 Å². The molecule has 0 amide bonds. The number of hydrogen-bond acceptors (Lipinski definition) is 1. The highest BCUT2D eigenvalue weighted by Crippen LogP contribution is 2.20. The first-order valence-corrected chi connectivity index (χ1v) is 4.34. The summed E-state index contributed by atoms with van der Waals surface area (Å²) < 4.78 is 0. The molecule has 74 valence electrons. The highest BCUT2D eigenvalue weighted by atomic mass is 16.0. The summed E-state index contributed by atoms with van der Waals surface area (Å²) in [6.07, 6.45) is 0. The van der Waals surface area contributed by atoms with Gasteiger partial charge in [0.15, 0.2) is 0 Å². The second-order valence-corrected chi connectivity index (χ2v) is 3.43. The molecule has 0 fully saturated rings. The Morgan fingerprint density at radius 1 is 1.00 bits per heavy atom. The number of aryl methyl sites for hydroxylation is 1. The van der Waals surface area contributed by atoms with Crippen LogP contribution >= 0.6 is 0 Å². The molecule has 0 spiro atoms. The van der Waals surface area contributed by atoms with Gasteiger partial charge < -0.3 is 11.2 Å². The molecule has 13 heavy (non-hydrogen) atoms. The topological polar surface area (TPSA) is 57.5 Å². The molecule has 0 aliphatic rings. The molecule has 0 saturated carbocycles. The monoisotopic (exact) mass is 181 g/mol. The average molecular weight is 181 g/mol. The molecule has 1 rings (SSSR count). The highest BCUT2D eigenvalue weighted by molar-refractivity contribution is 5.43. The average Bonchev–Trinajstić information content (AvgIpc) is 2.08. The van der Waals surface area contributed by atoms with Crippen molar-refractivity contribution in [2.45, 2.75) is 34.2 Å². The van der Waals surface area contributed by atoms with Gasteiger partial charge >= 0.3 is 0 Å². The van der Waals surface area contributed by atoms with E-state index in [1.807, 2.05) is 0 Å². The normalized spacial score (nSPS) is 9.62. The number of benzene rings is 1. The van der Waals surface area contributed by atoms with E-state index in [4.69, 9.17) is 5.73 Å². The SMILES string of the molecule is Cc1cc(CN)c(C)c(C)c1C.O. The van der Waals surface area contributed by atoms with E-state index >= 15 is 0 Å². The first kappa shape index (κ1) is 12.1. The van der Waals surface area contributed by atoms with E-state index in [9.17, 15) is 0 Å². The summed E-state index contributed by atoms with van der Waals surface area (Å²) in [6, 6.07) is 2.19. The van der Waals surface area contributed by atoms with Crippen molar-refractivity contribution in [2.24, 2.45) is 5.73 Å². The van der Waals surface area contributed by atoms with Gasteiger partial charge in [0, 0.05) is 6.54 Å². The first-order chi connectivity index (χ1) is 5.57. The zero-order valence-corrected chi connectivity index (χ0v) is 8.86. The maximum Gasteiger partial charge on any atom is 0.0180 e. The molecule has 0 atom stereocenters. The molecule has 2 heteroatoms. The molecule has 0 unspecified atom stereocenters. The van der Waals surface area contributed by atoms with Gasteiger partial charge in [-0.1, -0.05) is 6.07 Å². The van der Waals surface area contributed by atoms with Crippen LogP contribution in [-0.4, -0.2) is 5.48 Å². The van der Waals surface area contributed by atoms with Gasteiger partial charge in [-0.25, -0.2) is 0 Å². The van der Waals surface area contributed by atoms with Crippen molar-refractivity contribution in [3.8, 4) is 0 Å². The molecule has 2 nitrogen and oxygen atoms in total. The van der Waals surface area contributed by atoms with Crippen molar-refractivity contribution in [3.63, 3.8) is 0 Å². The summed E-state index contributed by atoms with van der Waals surface area (Å²) in [5.41, 5.74) is 12.4. The summed E-state index contributed by atoms with van der Waals surface area (Å²) in [4.78, 5) is 0. The lowest BCUT2D eigenvalue weighted by molar-refractivity contribution is 0.824. The third kappa shape index (κ3) is 2.08. The van der Waals surface area contributed by atoms with E-state index in [2.05, 4.69) is 33.8 Å². The smallest absolute Gasteiger partial charge is 0.0180 e. The minimum atomic E-state index is 0. The van der Waals surface area contributed by atoms with E-state index in [1.54, 1.807) is 0 Å². The summed E-state index contributed by atoms with van der Waals surface area (Å²) >= 11 is 0. The van der Waals surface area contributed by atoms with Crippen LogP contribution in [0.1, 0.15) is 27.8 Å². The van der Waals surface area contributed by atoms with Crippen molar-refractivity contribution in [2.75, 3.05) is 0 Å². The Morgan fingerprint density at radius 3 is 2.00 bits per heavy atom. The number of hydrogen-bond donors (Lipinski definition) is 1. The molecular formula is C11H19NO. The van der Waals surface area contributed by atoms with Gasteiger partial charge in [-0.05, 0) is 55.5 Å². The molecular weight excluding hydrogens is 162 g/mol. The standard InChI is InChI=1S/C11H17N.H2O/c1-7-5-11(6-12)10(4)9(3)8(7)2;/h5H,6,12H2,1-4H3;1H2. The van der Waals surface area contributed by atoms with Gasteiger partial charge in [0.05, 0.1) is 0 Å². The van der Waals surface area contributed by atoms with Gasteiger partial charge in [-0.3, -0.25) is 0 Å². The predicted octanol–water partition coefficient (Wildman–Crippen LogP) is 1.55. The fourth-order valence-electron chi connectivity index (χ4n) is 1.51. The number of nitrogens with two attached hydrogens (primary N) is 1. The summed E-state index contributed by atoms with van der Waals surface area (Å²) in [5.74, 6) is 0. The zero-order chi connectivity index (χ0) is 9.30. The van der Waals surface area contributed by atoms with Crippen LogP contribution in [-0.2, 0) is 6.54 Å². The molecule has 0 heterocycles. The van der Waals surface area contributed by atoms with Crippen LogP contribution in [0.4, 0.5) is 0 Å². The Kier molecular flexibility index (Phi) is 4.11. The molecule has 0 bridgehead atoms. The Bertz CT molecular complexity index is 305. The molecule has 4 N–H and O–H groups in total. The van der Waals surface area contributed by atoms with Crippen LogP contribution in [0.15, 0.2) is 6.07 Å². The van der Waals surface area contributed by atoms with Gasteiger partial charge in [-0.15, -0.1) is 0 Å². The first-order valence-electron chi connectivity index (χ1n) is 4.34. The fourth-order valence-corrected chi connectivity index (χ4v) is 1.51. The van der Waals surface area contributed by atoms with Crippen LogP contribution in [0.2, 0.25) is 0 Å². The van der Waals surface area contributed by atoms with Crippen molar-refractivity contribution >= 4 is 0 Å². The molecule has 0 aromatic heterocycles. The van der Waals surface area contributed by atoms with Crippen molar-refractivity contribution in [1.29, 1.82) is 0 Å². The van der Waals surface area contributed by atoms with Crippen LogP contribution in [0.5, 0.6) is 0 Å². The summed E-state index contributed by atoms with van der Waals surface area (Å²) in [5, 5.41) is 0. The van der Waals surface area contributed by atoms with Crippen molar-refractivity contribution in [1.82, 2.24) is 0 Å². The van der Waals surface area contributed by atoms with Crippen LogP contribution in [0, 0.1) is 27.7 Å². The third-order valence-corrected chi connectivity index (χ3v) is 2.81. The Hall–Kier alpha value is -0.860. The van der Waals surface area contributed by atoms with E-state index in [1.165, 1.54) is 27.8 Å². The highest BCUT2D eigenvalue weighted by Gasteiger charge is 2.04. The van der Waals surface area contributed by atoms with Crippen LogP contribution in [0.25, 0.3) is 0 Å².